The van der Waals surface area contributed by atoms with Crippen molar-refractivity contribution in [1.29, 1.82) is 0 Å². The first-order valence-electron chi connectivity index (χ1n) is 5.00. The summed E-state index contributed by atoms with van der Waals surface area (Å²) in [5, 5.41) is 3.45. The van der Waals surface area contributed by atoms with Gasteiger partial charge in [0.25, 0.3) is 0 Å². The number of ether oxygens (including phenoxy) is 1. The molecule has 0 aliphatic rings. The van der Waals surface area contributed by atoms with Gasteiger partial charge in [-0.1, -0.05) is 11.6 Å². The third kappa shape index (κ3) is 4.28. The average molecular weight is 311 g/mol. The van der Waals surface area contributed by atoms with Crippen LogP contribution < -0.4 is 5.32 Å². The summed E-state index contributed by atoms with van der Waals surface area (Å²) in [5.74, 6) is -0.360. The van der Waals surface area contributed by atoms with E-state index in [0.29, 0.717) is 28.3 Å². The molecule has 0 radical (unpaired) electrons. The maximum absolute atomic E-state index is 12.9. The Morgan fingerprint density at radius 1 is 1.50 bits per heavy atom. The highest BCUT2D eigenvalue weighted by atomic mass is 79.9. The zero-order valence-electron chi connectivity index (χ0n) is 9.19. The summed E-state index contributed by atoms with van der Waals surface area (Å²) in [6, 6.07) is 2.65. The van der Waals surface area contributed by atoms with Crippen LogP contribution in [0.5, 0.6) is 0 Å². The van der Waals surface area contributed by atoms with Gasteiger partial charge in [-0.25, -0.2) is 4.39 Å². The quantitative estimate of drug-likeness (QED) is 0.828. The van der Waals surface area contributed by atoms with Crippen molar-refractivity contribution in [3.8, 4) is 0 Å². The zero-order valence-corrected chi connectivity index (χ0v) is 11.5. The Bertz CT molecular complexity index is 337. The zero-order chi connectivity index (χ0) is 12.1. The van der Waals surface area contributed by atoms with Crippen LogP contribution in [0.25, 0.3) is 0 Å². The first-order chi connectivity index (χ1) is 7.50. The Morgan fingerprint density at radius 2 is 2.19 bits per heavy atom. The molecule has 0 aliphatic heterocycles. The summed E-state index contributed by atoms with van der Waals surface area (Å²) < 4.78 is 18.9. The Hall–Kier alpha value is -0.320. The van der Waals surface area contributed by atoms with Crippen LogP contribution in [0.3, 0.4) is 0 Å². The number of rotatable bonds is 5. The Kier molecular flexibility index (Phi) is 5.52. The number of hydrogen-bond acceptors (Lipinski definition) is 2. The molecule has 1 aromatic carbocycles. The predicted molar refractivity (Wildman–Crippen MR) is 68.7 cm³/mol. The van der Waals surface area contributed by atoms with Crippen molar-refractivity contribution < 1.29 is 9.13 Å². The fourth-order valence-electron chi connectivity index (χ4n) is 1.18. The summed E-state index contributed by atoms with van der Waals surface area (Å²) >= 11 is 9.15. The maximum Gasteiger partial charge on any atom is 0.125 e. The van der Waals surface area contributed by atoms with Crippen LogP contribution in [0.15, 0.2) is 16.6 Å². The minimum atomic E-state index is -0.360. The predicted octanol–water partition coefficient (Wildman–Crippen LogP) is 4.08. The molecule has 16 heavy (non-hydrogen) atoms. The Labute approximate surface area is 108 Å². The molecule has 0 unspecified atom stereocenters. The normalized spacial score (nSPS) is 10.9. The number of anilines is 1. The first-order valence-corrected chi connectivity index (χ1v) is 6.18. The second-order valence-corrected chi connectivity index (χ2v) is 4.85. The molecular formula is C11H14BrClFNO. The van der Waals surface area contributed by atoms with Gasteiger partial charge in [0.05, 0.1) is 23.4 Å². The van der Waals surface area contributed by atoms with E-state index in [1.165, 1.54) is 12.1 Å². The topological polar surface area (TPSA) is 21.3 Å². The summed E-state index contributed by atoms with van der Waals surface area (Å²) in [7, 11) is 0. The maximum atomic E-state index is 12.9. The SMILES string of the molecule is CC(C)OCCNc1c(Cl)cc(F)cc1Br. The highest BCUT2D eigenvalue weighted by Crippen LogP contribution is 2.31. The van der Waals surface area contributed by atoms with Crippen molar-refractivity contribution in [1.82, 2.24) is 0 Å². The van der Waals surface area contributed by atoms with E-state index in [1.54, 1.807) is 0 Å². The molecule has 2 nitrogen and oxygen atoms in total. The van der Waals surface area contributed by atoms with Gasteiger partial charge in [0.1, 0.15) is 5.82 Å². The van der Waals surface area contributed by atoms with Gasteiger partial charge in [-0.15, -0.1) is 0 Å². The summed E-state index contributed by atoms with van der Waals surface area (Å²) in [6.07, 6.45) is 0.203. The van der Waals surface area contributed by atoms with Crippen molar-refractivity contribution in [2.45, 2.75) is 20.0 Å². The highest BCUT2D eigenvalue weighted by molar-refractivity contribution is 9.10. The molecule has 1 rings (SSSR count). The fraction of sp³-hybridized carbons (Fsp3) is 0.455. The molecule has 0 aromatic heterocycles. The smallest absolute Gasteiger partial charge is 0.125 e. The lowest BCUT2D eigenvalue weighted by Crippen LogP contribution is -2.13. The number of halogens is 3. The van der Waals surface area contributed by atoms with E-state index in [9.17, 15) is 4.39 Å². The van der Waals surface area contributed by atoms with E-state index in [1.807, 2.05) is 13.8 Å². The van der Waals surface area contributed by atoms with Gasteiger partial charge in [0.2, 0.25) is 0 Å². The number of benzene rings is 1. The third-order valence-corrected chi connectivity index (χ3v) is 2.79. The van der Waals surface area contributed by atoms with Crippen molar-refractivity contribution >= 4 is 33.2 Å². The van der Waals surface area contributed by atoms with Gasteiger partial charge >= 0.3 is 0 Å². The molecule has 1 aromatic rings. The van der Waals surface area contributed by atoms with Crippen molar-refractivity contribution in [2.24, 2.45) is 0 Å². The highest BCUT2D eigenvalue weighted by Gasteiger charge is 2.07. The Balaban J connectivity index is 2.54. The molecule has 0 heterocycles. The van der Waals surface area contributed by atoms with E-state index in [-0.39, 0.29) is 11.9 Å². The summed E-state index contributed by atoms with van der Waals surface area (Å²) in [4.78, 5) is 0. The standard InChI is InChI=1S/C11H14BrClFNO/c1-7(2)16-4-3-15-11-9(12)5-8(14)6-10(11)13/h5-7,15H,3-4H2,1-2H3. The summed E-state index contributed by atoms with van der Waals surface area (Å²) in [6.45, 7) is 5.15. The second-order valence-electron chi connectivity index (χ2n) is 3.59. The minimum absolute atomic E-state index is 0.203. The molecular weight excluding hydrogens is 296 g/mol. The van der Waals surface area contributed by atoms with Crippen LogP contribution in [-0.4, -0.2) is 19.3 Å². The van der Waals surface area contributed by atoms with E-state index < -0.39 is 0 Å². The molecule has 1 N–H and O–H groups in total. The molecule has 0 amide bonds. The lowest BCUT2D eigenvalue weighted by atomic mass is 10.3. The fourth-order valence-corrected chi connectivity index (χ4v) is 2.14. The molecule has 0 saturated carbocycles. The van der Waals surface area contributed by atoms with Gasteiger partial charge in [0.15, 0.2) is 0 Å². The third-order valence-electron chi connectivity index (χ3n) is 1.86. The molecule has 90 valence electrons. The van der Waals surface area contributed by atoms with Gasteiger partial charge in [-0.05, 0) is 41.9 Å². The molecule has 5 heteroatoms. The lowest BCUT2D eigenvalue weighted by Gasteiger charge is -2.12. The number of nitrogens with one attached hydrogen (secondary N) is 1. The van der Waals surface area contributed by atoms with Crippen LogP contribution in [0.2, 0.25) is 5.02 Å². The largest absolute Gasteiger partial charge is 0.381 e. The van der Waals surface area contributed by atoms with Crippen LogP contribution in [-0.2, 0) is 4.74 Å². The molecule has 0 bridgehead atoms. The van der Waals surface area contributed by atoms with Gasteiger partial charge in [0, 0.05) is 11.0 Å². The van der Waals surface area contributed by atoms with Crippen molar-refractivity contribution in [3.63, 3.8) is 0 Å². The van der Waals surface area contributed by atoms with Gasteiger partial charge < -0.3 is 10.1 Å². The molecule has 0 atom stereocenters. The van der Waals surface area contributed by atoms with Crippen LogP contribution in [0, 0.1) is 5.82 Å². The summed E-state index contributed by atoms with van der Waals surface area (Å²) in [5.41, 5.74) is 0.690. The molecule has 0 spiro atoms. The molecule has 0 fully saturated rings. The number of hydrogen-bond donors (Lipinski definition) is 1. The lowest BCUT2D eigenvalue weighted by molar-refractivity contribution is 0.0870. The first kappa shape index (κ1) is 13.7. The molecule has 0 aliphatic carbocycles. The van der Waals surface area contributed by atoms with E-state index in [4.69, 9.17) is 16.3 Å². The minimum Gasteiger partial charge on any atom is -0.381 e. The Morgan fingerprint density at radius 3 is 2.75 bits per heavy atom. The van der Waals surface area contributed by atoms with Crippen LogP contribution in [0.1, 0.15) is 13.8 Å². The average Bonchev–Trinajstić information content (AvgIpc) is 2.14. The van der Waals surface area contributed by atoms with Gasteiger partial charge in [-0.2, -0.15) is 0 Å². The van der Waals surface area contributed by atoms with E-state index in [2.05, 4.69) is 21.2 Å². The van der Waals surface area contributed by atoms with Crippen LogP contribution in [0.4, 0.5) is 10.1 Å². The van der Waals surface area contributed by atoms with Crippen LogP contribution >= 0.6 is 27.5 Å². The van der Waals surface area contributed by atoms with Gasteiger partial charge in [-0.3, -0.25) is 0 Å². The van der Waals surface area contributed by atoms with Crippen molar-refractivity contribution in [2.75, 3.05) is 18.5 Å². The van der Waals surface area contributed by atoms with Crippen molar-refractivity contribution in [3.05, 3.63) is 27.4 Å². The van der Waals surface area contributed by atoms with E-state index >= 15 is 0 Å². The molecule has 0 saturated heterocycles. The second kappa shape index (κ2) is 6.42. The monoisotopic (exact) mass is 309 g/mol. The van der Waals surface area contributed by atoms with E-state index in [0.717, 1.165) is 0 Å².